The predicted molar refractivity (Wildman–Crippen MR) is 144 cm³/mol. The minimum absolute atomic E-state index is 0.00335. The van der Waals surface area contributed by atoms with Crippen molar-refractivity contribution in [1.82, 2.24) is 9.55 Å². The maximum absolute atomic E-state index is 13.9. The number of rotatable bonds is 5. The fraction of sp³-hybridized carbons (Fsp3) is 0.179. The lowest BCUT2D eigenvalue weighted by atomic mass is 9.96. The molecule has 8 heteroatoms. The van der Waals surface area contributed by atoms with E-state index < -0.39 is 11.7 Å². The quantitative estimate of drug-likeness (QED) is 0.257. The van der Waals surface area contributed by atoms with Crippen molar-refractivity contribution in [3.05, 3.63) is 89.4 Å². The molecule has 0 unspecified atom stereocenters. The Morgan fingerprint density at radius 3 is 2.72 bits per heavy atom. The highest BCUT2D eigenvalue weighted by Crippen LogP contribution is 2.34. The van der Waals surface area contributed by atoms with Crippen molar-refractivity contribution in [3.8, 4) is 0 Å². The molecule has 180 valence electrons. The summed E-state index contributed by atoms with van der Waals surface area (Å²) < 4.78 is 17.5. The summed E-state index contributed by atoms with van der Waals surface area (Å²) in [7, 11) is 0. The van der Waals surface area contributed by atoms with E-state index in [9.17, 15) is 14.0 Å². The maximum atomic E-state index is 13.9. The van der Waals surface area contributed by atoms with Crippen molar-refractivity contribution in [2.45, 2.75) is 30.0 Å². The van der Waals surface area contributed by atoms with Crippen LogP contribution in [0.5, 0.6) is 0 Å². The molecule has 0 aliphatic heterocycles. The number of carbonyl (C=O) groups is 2. The molecule has 5 nitrogen and oxygen atoms in total. The monoisotopic (exact) mass is 515 g/mol. The molecule has 2 aromatic heterocycles. The van der Waals surface area contributed by atoms with E-state index in [1.807, 2.05) is 34.9 Å². The van der Waals surface area contributed by atoms with Crippen molar-refractivity contribution >= 4 is 61.7 Å². The third-order valence-electron chi connectivity index (χ3n) is 6.49. The van der Waals surface area contributed by atoms with Crippen LogP contribution in [0.1, 0.15) is 39.3 Å². The van der Waals surface area contributed by atoms with Gasteiger partial charge in [0, 0.05) is 16.8 Å². The molecule has 1 N–H and O–H groups in total. The molecule has 0 saturated heterocycles. The lowest BCUT2D eigenvalue weighted by Gasteiger charge is -2.14. The highest BCUT2D eigenvalue weighted by Gasteiger charge is 2.23. The summed E-state index contributed by atoms with van der Waals surface area (Å²) in [5, 5.41) is 3.94. The van der Waals surface area contributed by atoms with Crippen molar-refractivity contribution in [1.29, 1.82) is 0 Å². The number of anilines is 1. The molecular weight excluding hydrogens is 493 g/mol. The molecule has 0 fully saturated rings. The van der Waals surface area contributed by atoms with Crippen LogP contribution in [0.15, 0.2) is 71.1 Å². The first kappa shape index (κ1) is 22.9. The van der Waals surface area contributed by atoms with Gasteiger partial charge in [-0.2, -0.15) is 0 Å². The standard InChI is InChI=1S/C28H22FN3O2S2/c29-21-10-4-1-9-20(21)27(34)30-17-13-14-22-25(15-17)36-28(31-22)35-16-26(33)32-23-11-5-2-7-18(23)19-8-3-6-12-24(19)32/h1-2,4-5,7,9-11,13-15H,3,6,8,12,16H2,(H,30,34). The van der Waals surface area contributed by atoms with Crippen LogP contribution in [-0.4, -0.2) is 27.1 Å². The van der Waals surface area contributed by atoms with Gasteiger partial charge >= 0.3 is 0 Å². The number of halogens is 1. The number of thiazole rings is 1. The topological polar surface area (TPSA) is 64.0 Å². The van der Waals surface area contributed by atoms with E-state index in [2.05, 4.69) is 16.4 Å². The zero-order valence-electron chi connectivity index (χ0n) is 19.3. The summed E-state index contributed by atoms with van der Waals surface area (Å²) in [5.41, 5.74) is 4.83. The number of hydrogen-bond donors (Lipinski definition) is 1. The summed E-state index contributed by atoms with van der Waals surface area (Å²) in [4.78, 5) is 30.5. The smallest absolute Gasteiger partial charge is 0.258 e. The SMILES string of the molecule is O=C(Nc1ccc2nc(SCC(=O)n3c4c(c5ccccc53)CCCC4)sc2c1)c1ccccc1F. The molecule has 3 aromatic carbocycles. The van der Waals surface area contributed by atoms with Gasteiger partial charge < -0.3 is 5.32 Å². The molecule has 36 heavy (non-hydrogen) atoms. The number of aryl methyl sites for hydroxylation is 1. The number of carbonyl (C=O) groups excluding carboxylic acids is 2. The fourth-order valence-corrected chi connectivity index (χ4v) is 6.81. The predicted octanol–water partition coefficient (Wildman–Crippen LogP) is 6.95. The lowest BCUT2D eigenvalue weighted by Crippen LogP contribution is -2.18. The maximum Gasteiger partial charge on any atom is 0.258 e. The number of benzene rings is 3. The number of aromatic nitrogens is 2. The first-order valence-electron chi connectivity index (χ1n) is 11.8. The Bertz CT molecular complexity index is 1640. The Kier molecular flexibility index (Phi) is 6.07. The molecule has 0 atom stereocenters. The number of amides is 1. The average molecular weight is 516 g/mol. The number of hydrogen-bond acceptors (Lipinski definition) is 5. The molecule has 1 aliphatic carbocycles. The average Bonchev–Trinajstić information content (AvgIpc) is 3.46. The van der Waals surface area contributed by atoms with Gasteiger partial charge in [-0.05, 0) is 67.6 Å². The van der Waals surface area contributed by atoms with E-state index in [1.54, 1.807) is 18.2 Å². The Labute approximate surface area is 215 Å². The van der Waals surface area contributed by atoms with E-state index >= 15 is 0 Å². The molecule has 1 amide bonds. The normalized spacial score (nSPS) is 13.1. The lowest BCUT2D eigenvalue weighted by molar-refractivity contribution is 0.0942. The van der Waals surface area contributed by atoms with Crippen molar-refractivity contribution in [3.63, 3.8) is 0 Å². The third-order valence-corrected chi connectivity index (χ3v) is 8.64. The van der Waals surface area contributed by atoms with Crippen LogP contribution < -0.4 is 5.32 Å². The van der Waals surface area contributed by atoms with Crippen LogP contribution in [0.2, 0.25) is 0 Å². The number of fused-ring (bicyclic) bond motifs is 4. The summed E-state index contributed by atoms with van der Waals surface area (Å²) in [6, 6.07) is 19.5. The number of nitrogens with one attached hydrogen (secondary N) is 1. The van der Waals surface area contributed by atoms with Gasteiger partial charge in [-0.15, -0.1) is 11.3 Å². The number of para-hydroxylation sites is 1. The van der Waals surface area contributed by atoms with E-state index in [1.165, 1.54) is 52.6 Å². The molecular formula is C28H22FN3O2S2. The van der Waals surface area contributed by atoms with Crippen LogP contribution in [0.25, 0.3) is 21.1 Å². The second-order valence-corrected chi connectivity index (χ2v) is 11.0. The zero-order chi connectivity index (χ0) is 24.6. The van der Waals surface area contributed by atoms with Crippen LogP contribution in [0.4, 0.5) is 10.1 Å². The van der Waals surface area contributed by atoms with Gasteiger partial charge in [-0.3, -0.25) is 14.2 Å². The van der Waals surface area contributed by atoms with Gasteiger partial charge in [0.15, 0.2) is 4.34 Å². The van der Waals surface area contributed by atoms with Crippen molar-refractivity contribution in [2.24, 2.45) is 0 Å². The largest absolute Gasteiger partial charge is 0.322 e. The Hall–Kier alpha value is -3.49. The molecule has 0 saturated carbocycles. The van der Waals surface area contributed by atoms with Crippen LogP contribution >= 0.6 is 23.1 Å². The molecule has 2 heterocycles. The Morgan fingerprint density at radius 1 is 1.03 bits per heavy atom. The van der Waals surface area contributed by atoms with Gasteiger partial charge in [0.25, 0.3) is 5.91 Å². The summed E-state index contributed by atoms with van der Waals surface area (Å²) in [6.07, 6.45) is 4.23. The fourth-order valence-electron chi connectivity index (χ4n) is 4.86. The molecule has 6 rings (SSSR count). The van der Waals surface area contributed by atoms with E-state index in [0.717, 1.165) is 45.0 Å². The molecule has 5 aromatic rings. The molecule has 0 bridgehead atoms. The summed E-state index contributed by atoms with van der Waals surface area (Å²) in [5.74, 6) is -0.702. The van der Waals surface area contributed by atoms with Crippen LogP contribution in [0, 0.1) is 5.82 Å². The molecule has 1 aliphatic rings. The Morgan fingerprint density at radius 2 is 1.83 bits per heavy atom. The van der Waals surface area contributed by atoms with Crippen LogP contribution in [-0.2, 0) is 12.8 Å². The summed E-state index contributed by atoms with van der Waals surface area (Å²) >= 11 is 2.90. The summed E-state index contributed by atoms with van der Waals surface area (Å²) in [6.45, 7) is 0. The zero-order valence-corrected chi connectivity index (χ0v) is 20.9. The van der Waals surface area contributed by atoms with Gasteiger partial charge in [-0.1, -0.05) is 42.1 Å². The first-order chi connectivity index (χ1) is 17.6. The molecule has 0 spiro atoms. The second-order valence-electron chi connectivity index (χ2n) is 8.76. The van der Waals surface area contributed by atoms with Gasteiger partial charge in [0.2, 0.25) is 5.91 Å². The van der Waals surface area contributed by atoms with Crippen molar-refractivity contribution < 1.29 is 14.0 Å². The van der Waals surface area contributed by atoms with E-state index in [-0.39, 0.29) is 11.5 Å². The molecule has 0 radical (unpaired) electrons. The minimum Gasteiger partial charge on any atom is -0.322 e. The highest BCUT2D eigenvalue weighted by atomic mass is 32.2. The van der Waals surface area contributed by atoms with Gasteiger partial charge in [0.05, 0.1) is 27.0 Å². The van der Waals surface area contributed by atoms with Gasteiger partial charge in [-0.25, -0.2) is 9.37 Å². The van der Waals surface area contributed by atoms with Crippen molar-refractivity contribution in [2.75, 3.05) is 11.1 Å². The number of nitrogens with zero attached hydrogens (tertiary/aromatic N) is 2. The third kappa shape index (κ3) is 4.20. The van der Waals surface area contributed by atoms with E-state index in [4.69, 9.17) is 0 Å². The van der Waals surface area contributed by atoms with Gasteiger partial charge in [0.1, 0.15) is 5.82 Å². The first-order valence-corrected chi connectivity index (χ1v) is 13.6. The minimum atomic E-state index is -0.561. The Balaban J connectivity index is 1.20. The highest BCUT2D eigenvalue weighted by molar-refractivity contribution is 8.01. The van der Waals surface area contributed by atoms with E-state index in [0.29, 0.717) is 11.4 Å². The number of thioether (sulfide) groups is 1. The second kappa shape index (κ2) is 9.52. The van der Waals surface area contributed by atoms with Crippen LogP contribution in [0.3, 0.4) is 0 Å².